The molecular formula is C22H23FN2O7S. The van der Waals surface area contributed by atoms with E-state index < -0.39 is 39.6 Å². The van der Waals surface area contributed by atoms with Crippen LogP contribution in [0.4, 0.5) is 10.1 Å². The van der Waals surface area contributed by atoms with Crippen LogP contribution in [0.1, 0.15) is 33.6 Å². The van der Waals surface area contributed by atoms with Gasteiger partial charge in [0.05, 0.1) is 36.2 Å². The average Bonchev–Trinajstić information content (AvgIpc) is 2.83. The van der Waals surface area contributed by atoms with E-state index in [1.165, 1.54) is 48.9 Å². The Morgan fingerprint density at radius 2 is 1.58 bits per heavy atom. The monoisotopic (exact) mass is 478 g/mol. The normalized spacial score (nSPS) is 16.6. The summed E-state index contributed by atoms with van der Waals surface area (Å²) in [4.78, 5) is 36.7. The van der Waals surface area contributed by atoms with Crippen LogP contribution >= 0.6 is 0 Å². The summed E-state index contributed by atoms with van der Waals surface area (Å²) < 4.78 is 49.5. The van der Waals surface area contributed by atoms with E-state index in [0.29, 0.717) is 12.8 Å². The van der Waals surface area contributed by atoms with Crippen molar-refractivity contribution in [2.24, 2.45) is 5.92 Å². The van der Waals surface area contributed by atoms with E-state index in [1.54, 1.807) is 0 Å². The molecule has 0 saturated carbocycles. The van der Waals surface area contributed by atoms with Crippen molar-refractivity contribution < 1.29 is 36.7 Å². The molecule has 1 fully saturated rings. The number of esters is 2. The second kappa shape index (κ2) is 10.1. The summed E-state index contributed by atoms with van der Waals surface area (Å²) in [5.74, 6) is -3.09. The number of amides is 1. The Morgan fingerprint density at radius 3 is 2.12 bits per heavy atom. The summed E-state index contributed by atoms with van der Waals surface area (Å²) in [6, 6.07) is 8.48. The number of benzene rings is 2. The number of nitrogens with one attached hydrogen (secondary N) is 1. The summed E-state index contributed by atoms with van der Waals surface area (Å²) >= 11 is 0. The molecule has 1 amide bonds. The van der Waals surface area contributed by atoms with E-state index in [2.05, 4.69) is 14.8 Å². The number of methoxy groups -OCH3 is 2. The van der Waals surface area contributed by atoms with Gasteiger partial charge in [-0.3, -0.25) is 4.79 Å². The Balaban J connectivity index is 1.79. The van der Waals surface area contributed by atoms with E-state index in [0.717, 1.165) is 12.1 Å². The zero-order valence-electron chi connectivity index (χ0n) is 18.0. The van der Waals surface area contributed by atoms with Gasteiger partial charge in [-0.1, -0.05) is 0 Å². The maximum absolute atomic E-state index is 13.2. The minimum Gasteiger partial charge on any atom is -0.465 e. The first-order valence-electron chi connectivity index (χ1n) is 10.0. The lowest BCUT2D eigenvalue weighted by Gasteiger charge is -2.31. The van der Waals surface area contributed by atoms with Gasteiger partial charge in [0.2, 0.25) is 15.9 Å². The molecule has 1 heterocycles. The van der Waals surface area contributed by atoms with Gasteiger partial charge in [0.1, 0.15) is 5.82 Å². The Labute approximate surface area is 190 Å². The number of anilines is 1. The van der Waals surface area contributed by atoms with Crippen LogP contribution in [0.3, 0.4) is 0 Å². The molecule has 1 N–H and O–H groups in total. The summed E-state index contributed by atoms with van der Waals surface area (Å²) in [7, 11) is -1.53. The minimum absolute atomic E-state index is 0.0415. The molecule has 9 nitrogen and oxygen atoms in total. The van der Waals surface area contributed by atoms with Crippen LogP contribution in [0.15, 0.2) is 47.4 Å². The van der Waals surface area contributed by atoms with Crippen LogP contribution in [-0.4, -0.2) is 57.9 Å². The zero-order chi connectivity index (χ0) is 24.2. The molecule has 1 aliphatic heterocycles. The van der Waals surface area contributed by atoms with Gasteiger partial charge in [0, 0.05) is 18.8 Å². The highest BCUT2D eigenvalue weighted by molar-refractivity contribution is 7.89. The summed E-state index contributed by atoms with van der Waals surface area (Å²) in [5.41, 5.74) is 0.251. The number of nitrogens with zero attached hydrogens (tertiary/aromatic N) is 1. The molecule has 11 heteroatoms. The van der Waals surface area contributed by atoms with Crippen molar-refractivity contribution in [1.82, 2.24) is 4.31 Å². The van der Waals surface area contributed by atoms with Crippen molar-refractivity contribution in [3.63, 3.8) is 0 Å². The van der Waals surface area contributed by atoms with Crippen molar-refractivity contribution >= 4 is 33.6 Å². The van der Waals surface area contributed by atoms with Crippen molar-refractivity contribution in [1.29, 1.82) is 0 Å². The molecule has 1 atom stereocenters. The lowest BCUT2D eigenvalue weighted by Crippen LogP contribution is -2.43. The molecule has 33 heavy (non-hydrogen) atoms. The molecule has 176 valence electrons. The number of rotatable bonds is 6. The SMILES string of the molecule is COC(=O)c1cc(NC(=O)[C@@H]2CCCN(S(=O)(=O)c3ccc(F)cc3)C2)cc(C(=O)OC)c1. The van der Waals surface area contributed by atoms with Gasteiger partial charge in [-0.2, -0.15) is 4.31 Å². The average molecular weight is 478 g/mol. The van der Waals surface area contributed by atoms with Crippen LogP contribution in [0.5, 0.6) is 0 Å². The van der Waals surface area contributed by atoms with Gasteiger partial charge in [0.15, 0.2) is 0 Å². The second-order valence-corrected chi connectivity index (χ2v) is 9.37. The molecule has 2 aromatic carbocycles. The first kappa shape index (κ1) is 24.3. The molecule has 0 unspecified atom stereocenters. The fourth-order valence-electron chi connectivity index (χ4n) is 3.55. The number of sulfonamides is 1. The fraction of sp³-hybridized carbons (Fsp3) is 0.318. The smallest absolute Gasteiger partial charge is 0.337 e. The van der Waals surface area contributed by atoms with Crippen LogP contribution in [-0.2, 0) is 24.3 Å². The van der Waals surface area contributed by atoms with Gasteiger partial charge in [-0.15, -0.1) is 0 Å². The molecule has 2 aromatic rings. The van der Waals surface area contributed by atoms with Gasteiger partial charge >= 0.3 is 11.9 Å². The number of ether oxygens (including phenoxy) is 2. The predicted molar refractivity (Wildman–Crippen MR) is 116 cm³/mol. The van der Waals surface area contributed by atoms with Crippen molar-refractivity contribution in [2.75, 3.05) is 32.6 Å². The standard InChI is InChI=1S/C22H23FN2O7S/c1-31-21(27)15-10-16(22(28)32-2)12-18(11-15)24-20(26)14-4-3-9-25(13-14)33(29,30)19-7-5-17(23)6-8-19/h5-8,10-12,14H,3-4,9,13H2,1-2H3,(H,24,26)/t14-/m1/s1. The molecular weight excluding hydrogens is 455 g/mol. The molecule has 0 aromatic heterocycles. The van der Waals surface area contributed by atoms with Gasteiger partial charge < -0.3 is 14.8 Å². The quantitative estimate of drug-likeness (QED) is 0.634. The molecule has 1 aliphatic rings. The molecule has 0 bridgehead atoms. The fourth-order valence-corrected chi connectivity index (χ4v) is 5.07. The highest BCUT2D eigenvalue weighted by Crippen LogP contribution is 2.26. The number of piperidine rings is 1. The lowest BCUT2D eigenvalue weighted by molar-refractivity contribution is -0.120. The zero-order valence-corrected chi connectivity index (χ0v) is 18.9. The number of halogens is 1. The number of hydrogen-bond acceptors (Lipinski definition) is 7. The Kier molecular flexibility index (Phi) is 7.44. The summed E-state index contributed by atoms with van der Waals surface area (Å²) in [5, 5.41) is 2.64. The van der Waals surface area contributed by atoms with E-state index in [4.69, 9.17) is 0 Å². The van der Waals surface area contributed by atoms with Crippen molar-refractivity contribution in [2.45, 2.75) is 17.7 Å². The largest absolute Gasteiger partial charge is 0.465 e. The maximum atomic E-state index is 13.2. The summed E-state index contributed by atoms with van der Waals surface area (Å²) in [6.45, 7) is 0.167. The molecule has 3 rings (SSSR count). The van der Waals surface area contributed by atoms with Gasteiger partial charge in [-0.05, 0) is 55.3 Å². The predicted octanol–water partition coefficient (Wildman–Crippen LogP) is 2.44. The topological polar surface area (TPSA) is 119 Å². The molecule has 0 spiro atoms. The Hall–Kier alpha value is -3.31. The van der Waals surface area contributed by atoms with Crippen molar-refractivity contribution in [3.8, 4) is 0 Å². The van der Waals surface area contributed by atoms with E-state index in [-0.39, 0.29) is 34.8 Å². The third kappa shape index (κ3) is 5.55. The number of carbonyl (C=O) groups excluding carboxylic acids is 3. The highest BCUT2D eigenvalue weighted by Gasteiger charge is 2.33. The first-order valence-corrected chi connectivity index (χ1v) is 11.5. The summed E-state index contributed by atoms with van der Waals surface area (Å²) in [6.07, 6.45) is 0.899. The second-order valence-electron chi connectivity index (χ2n) is 7.43. The molecule has 1 saturated heterocycles. The lowest BCUT2D eigenvalue weighted by atomic mass is 9.98. The number of carbonyl (C=O) groups is 3. The van der Waals surface area contributed by atoms with Gasteiger partial charge in [0.25, 0.3) is 0 Å². The van der Waals surface area contributed by atoms with Crippen molar-refractivity contribution in [3.05, 3.63) is 59.4 Å². The maximum Gasteiger partial charge on any atom is 0.337 e. The Morgan fingerprint density at radius 1 is 1.00 bits per heavy atom. The number of hydrogen-bond donors (Lipinski definition) is 1. The van der Waals surface area contributed by atoms with Crippen LogP contribution < -0.4 is 5.32 Å². The highest BCUT2D eigenvalue weighted by atomic mass is 32.2. The molecule has 0 aliphatic carbocycles. The third-order valence-corrected chi connectivity index (χ3v) is 7.13. The Bertz CT molecular complexity index is 1130. The van der Waals surface area contributed by atoms with Gasteiger partial charge in [-0.25, -0.2) is 22.4 Å². The van der Waals surface area contributed by atoms with E-state index in [1.807, 2.05) is 0 Å². The van der Waals surface area contributed by atoms with Crippen LogP contribution in [0.25, 0.3) is 0 Å². The van der Waals surface area contributed by atoms with Crippen LogP contribution in [0, 0.1) is 11.7 Å². The van der Waals surface area contributed by atoms with E-state index in [9.17, 15) is 27.2 Å². The van der Waals surface area contributed by atoms with E-state index >= 15 is 0 Å². The first-order chi connectivity index (χ1) is 15.6. The molecule has 0 radical (unpaired) electrons. The third-order valence-electron chi connectivity index (χ3n) is 5.25. The van der Waals surface area contributed by atoms with Crippen LogP contribution in [0.2, 0.25) is 0 Å². The minimum atomic E-state index is -3.90.